The second kappa shape index (κ2) is 7.61. The average molecular weight is 250 g/mol. The second-order valence-corrected chi connectivity index (χ2v) is 3.66. The van der Waals surface area contributed by atoms with E-state index in [1.165, 1.54) is 0 Å². The summed E-state index contributed by atoms with van der Waals surface area (Å²) in [6.45, 7) is 0. The van der Waals surface area contributed by atoms with Gasteiger partial charge in [0.05, 0.1) is 23.9 Å². The summed E-state index contributed by atoms with van der Waals surface area (Å²) in [5, 5.41) is 8.20. The Hall–Kier alpha value is -2.68. The van der Waals surface area contributed by atoms with Crippen molar-refractivity contribution < 1.29 is 4.42 Å². The first-order valence-corrected chi connectivity index (χ1v) is 5.94. The van der Waals surface area contributed by atoms with E-state index in [0.717, 1.165) is 11.4 Å². The van der Waals surface area contributed by atoms with Crippen LogP contribution in [0.25, 0.3) is 0 Å². The van der Waals surface area contributed by atoms with Crippen molar-refractivity contribution in [2.24, 2.45) is 10.2 Å². The van der Waals surface area contributed by atoms with E-state index in [2.05, 4.69) is 14.6 Å². The summed E-state index contributed by atoms with van der Waals surface area (Å²) in [5.41, 5.74) is 1.74. The first-order chi connectivity index (χ1) is 9.45. The molecule has 0 amide bonds. The molecular formula is C16H14N2O. The number of nitrogens with zero attached hydrogens (tertiary/aromatic N) is 2. The van der Waals surface area contributed by atoms with Crippen LogP contribution in [0.15, 0.2) is 100.0 Å². The Morgan fingerprint density at radius 1 is 0.526 bits per heavy atom. The summed E-state index contributed by atoms with van der Waals surface area (Å²) in [4.78, 5) is 0. The maximum absolute atomic E-state index is 4.58. The predicted molar refractivity (Wildman–Crippen MR) is 75.8 cm³/mol. The lowest BCUT2D eigenvalue weighted by Gasteiger charge is -1.91. The number of benzene rings is 2. The van der Waals surface area contributed by atoms with Crippen LogP contribution in [0.1, 0.15) is 0 Å². The lowest BCUT2D eigenvalue weighted by molar-refractivity contribution is 0.567. The SMILES string of the molecule is c1ccc(/N=N/c2ccccc2)cc1.c1ccoc1. The maximum Gasteiger partial charge on any atom is 0.0902 e. The van der Waals surface area contributed by atoms with Crippen molar-refractivity contribution in [3.8, 4) is 0 Å². The Morgan fingerprint density at radius 3 is 1.26 bits per heavy atom. The Morgan fingerprint density at radius 2 is 0.947 bits per heavy atom. The summed E-state index contributed by atoms with van der Waals surface area (Å²) in [6, 6.07) is 23.1. The second-order valence-electron chi connectivity index (χ2n) is 3.66. The number of azo groups is 1. The van der Waals surface area contributed by atoms with Crippen LogP contribution in [0.5, 0.6) is 0 Å². The molecule has 3 aromatic rings. The molecule has 0 spiro atoms. The third-order valence-corrected chi connectivity index (χ3v) is 2.22. The van der Waals surface area contributed by atoms with Crippen LogP contribution in [-0.2, 0) is 0 Å². The van der Waals surface area contributed by atoms with E-state index in [4.69, 9.17) is 0 Å². The van der Waals surface area contributed by atoms with Gasteiger partial charge in [0.25, 0.3) is 0 Å². The molecule has 2 aromatic carbocycles. The van der Waals surface area contributed by atoms with Crippen LogP contribution in [-0.4, -0.2) is 0 Å². The largest absolute Gasteiger partial charge is 0.473 e. The summed E-state index contributed by atoms with van der Waals surface area (Å²) in [6.07, 6.45) is 3.25. The molecule has 1 aromatic heterocycles. The van der Waals surface area contributed by atoms with Gasteiger partial charge in [0, 0.05) is 0 Å². The lowest BCUT2D eigenvalue weighted by atomic mass is 10.3. The van der Waals surface area contributed by atoms with Crippen LogP contribution in [0.3, 0.4) is 0 Å². The van der Waals surface area contributed by atoms with Crippen LogP contribution in [0.4, 0.5) is 11.4 Å². The molecule has 3 nitrogen and oxygen atoms in total. The first kappa shape index (κ1) is 12.8. The van der Waals surface area contributed by atoms with Gasteiger partial charge >= 0.3 is 0 Å². The van der Waals surface area contributed by atoms with E-state index in [0.29, 0.717) is 0 Å². The normalized spacial score (nSPS) is 9.89. The van der Waals surface area contributed by atoms with Gasteiger partial charge in [0.2, 0.25) is 0 Å². The molecular weight excluding hydrogens is 236 g/mol. The lowest BCUT2D eigenvalue weighted by Crippen LogP contribution is -1.62. The van der Waals surface area contributed by atoms with Crippen molar-refractivity contribution in [2.75, 3.05) is 0 Å². The van der Waals surface area contributed by atoms with Gasteiger partial charge in [-0.25, -0.2) is 0 Å². The van der Waals surface area contributed by atoms with Gasteiger partial charge in [-0.2, -0.15) is 10.2 Å². The smallest absolute Gasteiger partial charge is 0.0902 e. The Kier molecular flexibility index (Phi) is 5.11. The van der Waals surface area contributed by atoms with Crippen LogP contribution in [0, 0.1) is 0 Å². The van der Waals surface area contributed by atoms with Gasteiger partial charge in [-0.05, 0) is 36.4 Å². The predicted octanol–water partition coefficient (Wildman–Crippen LogP) is 5.38. The van der Waals surface area contributed by atoms with Gasteiger partial charge in [-0.15, -0.1) is 0 Å². The standard InChI is InChI=1S/C12H10N2.C4H4O/c1-3-7-11(8-4-1)13-14-12-9-5-2-6-10-12;1-2-4-5-3-1/h1-10H;1-4H/b14-13+;. The van der Waals surface area contributed by atoms with Crippen molar-refractivity contribution in [2.45, 2.75) is 0 Å². The highest BCUT2D eigenvalue weighted by atomic mass is 16.3. The molecule has 3 heteroatoms. The van der Waals surface area contributed by atoms with Crippen molar-refractivity contribution in [3.63, 3.8) is 0 Å². The summed E-state index contributed by atoms with van der Waals surface area (Å²) in [5.74, 6) is 0. The zero-order valence-corrected chi connectivity index (χ0v) is 10.4. The highest BCUT2D eigenvalue weighted by Crippen LogP contribution is 2.16. The molecule has 0 aliphatic rings. The fourth-order valence-corrected chi connectivity index (χ4v) is 1.33. The van der Waals surface area contributed by atoms with Crippen molar-refractivity contribution in [1.82, 2.24) is 0 Å². The zero-order valence-electron chi connectivity index (χ0n) is 10.4. The molecule has 0 N–H and O–H groups in total. The number of hydrogen-bond acceptors (Lipinski definition) is 3. The molecule has 0 aliphatic heterocycles. The third kappa shape index (κ3) is 5.00. The van der Waals surface area contributed by atoms with E-state index in [1.54, 1.807) is 12.5 Å². The molecule has 1 heterocycles. The molecule has 0 radical (unpaired) electrons. The average Bonchev–Trinajstić information content (AvgIpc) is 3.07. The van der Waals surface area contributed by atoms with Crippen molar-refractivity contribution >= 4 is 11.4 Å². The van der Waals surface area contributed by atoms with E-state index in [-0.39, 0.29) is 0 Å². The molecule has 3 rings (SSSR count). The van der Waals surface area contributed by atoms with E-state index in [9.17, 15) is 0 Å². The summed E-state index contributed by atoms with van der Waals surface area (Å²) >= 11 is 0. The minimum Gasteiger partial charge on any atom is -0.473 e. The van der Waals surface area contributed by atoms with Gasteiger partial charge in [-0.3, -0.25) is 0 Å². The number of rotatable bonds is 2. The van der Waals surface area contributed by atoms with Gasteiger partial charge in [0.15, 0.2) is 0 Å². The molecule has 94 valence electrons. The minimum absolute atomic E-state index is 0.872. The molecule has 0 atom stereocenters. The molecule has 0 fully saturated rings. The van der Waals surface area contributed by atoms with Crippen molar-refractivity contribution in [3.05, 3.63) is 85.3 Å². The first-order valence-electron chi connectivity index (χ1n) is 5.94. The van der Waals surface area contributed by atoms with Gasteiger partial charge in [0.1, 0.15) is 0 Å². The number of hydrogen-bond donors (Lipinski definition) is 0. The fourth-order valence-electron chi connectivity index (χ4n) is 1.33. The van der Waals surface area contributed by atoms with Crippen LogP contribution in [0.2, 0.25) is 0 Å². The zero-order chi connectivity index (χ0) is 13.2. The highest BCUT2D eigenvalue weighted by molar-refractivity contribution is 5.39. The van der Waals surface area contributed by atoms with Crippen molar-refractivity contribution in [1.29, 1.82) is 0 Å². The number of furan rings is 1. The third-order valence-electron chi connectivity index (χ3n) is 2.22. The quantitative estimate of drug-likeness (QED) is 0.562. The van der Waals surface area contributed by atoms with Crippen LogP contribution < -0.4 is 0 Å². The van der Waals surface area contributed by atoms with Gasteiger partial charge in [-0.1, -0.05) is 36.4 Å². The van der Waals surface area contributed by atoms with E-state index >= 15 is 0 Å². The Labute approximate surface area is 112 Å². The Bertz CT molecular complexity index is 516. The summed E-state index contributed by atoms with van der Waals surface area (Å²) < 4.78 is 4.58. The molecule has 19 heavy (non-hydrogen) atoms. The fraction of sp³-hybridized carbons (Fsp3) is 0. The molecule has 0 bridgehead atoms. The highest BCUT2D eigenvalue weighted by Gasteiger charge is 1.86. The molecule has 0 aliphatic carbocycles. The van der Waals surface area contributed by atoms with Crippen LogP contribution >= 0.6 is 0 Å². The molecule has 0 saturated heterocycles. The topological polar surface area (TPSA) is 37.9 Å². The molecule has 0 unspecified atom stereocenters. The van der Waals surface area contributed by atoms with Gasteiger partial charge < -0.3 is 4.42 Å². The summed E-state index contributed by atoms with van der Waals surface area (Å²) in [7, 11) is 0. The van der Waals surface area contributed by atoms with E-state index in [1.807, 2.05) is 72.8 Å². The minimum atomic E-state index is 0.872. The maximum atomic E-state index is 4.58. The van der Waals surface area contributed by atoms with E-state index < -0.39 is 0 Å². The monoisotopic (exact) mass is 250 g/mol. The molecule has 0 saturated carbocycles. The Balaban J connectivity index is 0.000000224.